The van der Waals surface area contributed by atoms with Gasteiger partial charge in [0, 0.05) is 27.4 Å². The molecule has 0 fully saturated rings. The molecule has 2 nitrogen and oxygen atoms in total. The summed E-state index contributed by atoms with van der Waals surface area (Å²) in [5.41, 5.74) is 2.16. The van der Waals surface area contributed by atoms with Crippen molar-refractivity contribution in [2.24, 2.45) is 0 Å². The highest BCUT2D eigenvalue weighted by atomic mass is 35.5. The van der Waals surface area contributed by atoms with Crippen molar-refractivity contribution in [3.8, 4) is 0 Å². The van der Waals surface area contributed by atoms with Crippen molar-refractivity contribution in [3.63, 3.8) is 0 Å². The van der Waals surface area contributed by atoms with Gasteiger partial charge in [0.15, 0.2) is 0 Å². The maximum absolute atomic E-state index is 12.1. The normalized spacial score (nSPS) is 10.9. The van der Waals surface area contributed by atoms with Crippen molar-refractivity contribution in [1.82, 2.24) is 5.32 Å². The van der Waals surface area contributed by atoms with Crippen molar-refractivity contribution in [2.75, 3.05) is 6.54 Å². The average molecular weight is 428 g/mol. The van der Waals surface area contributed by atoms with Crippen LogP contribution in [0.15, 0.2) is 88.7 Å². The number of carbonyl (C=O) groups is 1. The number of benzene rings is 3. The molecular weight excluding hydrogens is 409 g/mol. The van der Waals surface area contributed by atoms with Gasteiger partial charge in [0.1, 0.15) is 0 Å². The number of amides is 1. The molecule has 0 heterocycles. The third-order valence-electron chi connectivity index (χ3n) is 4.00. The van der Waals surface area contributed by atoms with Crippen LogP contribution in [0.2, 0.25) is 10.0 Å². The van der Waals surface area contributed by atoms with E-state index in [-0.39, 0.29) is 5.91 Å². The van der Waals surface area contributed by atoms with Crippen molar-refractivity contribution in [3.05, 3.63) is 100 Å². The van der Waals surface area contributed by atoms with Gasteiger partial charge in [0.2, 0.25) is 5.91 Å². The van der Waals surface area contributed by atoms with Crippen LogP contribution < -0.4 is 5.32 Å². The molecule has 142 valence electrons. The summed E-state index contributed by atoms with van der Waals surface area (Å²) in [6.45, 7) is 0.601. The average Bonchev–Trinajstić information content (AvgIpc) is 2.70. The molecule has 0 bridgehead atoms. The second kappa shape index (κ2) is 10.4. The Hall–Kier alpha value is -2.20. The molecule has 0 atom stereocenters. The highest BCUT2D eigenvalue weighted by Gasteiger charge is 2.07. The first-order valence-electron chi connectivity index (χ1n) is 8.83. The molecule has 3 rings (SSSR count). The lowest BCUT2D eigenvalue weighted by Crippen LogP contribution is -2.23. The predicted octanol–water partition coefficient (Wildman–Crippen LogP) is 6.52. The van der Waals surface area contributed by atoms with Gasteiger partial charge >= 0.3 is 0 Å². The molecule has 1 N–H and O–H groups in total. The van der Waals surface area contributed by atoms with Gasteiger partial charge in [-0.05, 0) is 47.9 Å². The molecule has 5 heteroatoms. The van der Waals surface area contributed by atoms with Crippen LogP contribution in [0.5, 0.6) is 0 Å². The van der Waals surface area contributed by atoms with Crippen LogP contribution in [0.3, 0.4) is 0 Å². The molecule has 3 aromatic rings. The summed E-state index contributed by atoms with van der Waals surface area (Å²) in [7, 11) is 0. The van der Waals surface area contributed by atoms with Gasteiger partial charge < -0.3 is 5.32 Å². The zero-order valence-electron chi connectivity index (χ0n) is 15.1. The Labute approximate surface area is 179 Å². The van der Waals surface area contributed by atoms with E-state index in [0.717, 1.165) is 21.8 Å². The summed E-state index contributed by atoms with van der Waals surface area (Å²) in [6, 6.07) is 23.4. The third-order valence-corrected chi connectivity index (χ3v) is 5.83. The van der Waals surface area contributed by atoms with Gasteiger partial charge in [-0.25, -0.2) is 0 Å². The Morgan fingerprint density at radius 3 is 2.46 bits per heavy atom. The fourth-order valence-corrected chi connectivity index (χ4v) is 4.04. The number of nitrogens with one attached hydrogen (secondary N) is 1. The largest absolute Gasteiger partial charge is 0.352 e. The van der Waals surface area contributed by atoms with Gasteiger partial charge in [0.05, 0.1) is 5.02 Å². The summed E-state index contributed by atoms with van der Waals surface area (Å²) in [6.07, 6.45) is 4.19. The van der Waals surface area contributed by atoms with Crippen LogP contribution in [-0.2, 0) is 11.2 Å². The zero-order valence-corrected chi connectivity index (χ0v) is 17.4. The molecule has 28 heavy (non-hydrogen) atoms. The standard InChI is InChI=1S/C23H19Cl2NOS/c24-19-11-12-22(20(25)16-19)28-21-9-5-4-8-18(21)10-13-23(27)26-15-14-17-6-2-1-3-7-17/h1-13,16H,14-15H2,(H,26,27)/b13-10+. The molecule has 0 aliphatic carbocycles. The highest BCUT2D eigenvalue weighted by molar-refractivity contribution is 7.99. The van der Waals surface area contributed by atoms with E-state index in [4.69, 9.17) is 23.2 Å². The van der Waals surface area contributed by atoms with Crippen LogP contribution in [0, 0.1) is 0 Å². The monoisotopic (exact) mass is 427 g/mol. The number of rotatable bonds is 7. The number of carbonyl (C=O) groups excluding carboxylic acids is 1. The van der Waals surface area contributed by atoms with Gasteiger partial charge in [-0.1, -0.05) is 83.5 Å². The minimum atomic E-state index is -0.111. The quantitative estimate of drug-likeness (QED) is 0.434. The summed E-state index contributed by atoms with van der Waals surface area (Å²) in [5.74, 6) is -0.111. The Morgan fingerprint density at radius 2 is 1.68 bits per heavy atom. The van der Waals surface area contributed by atoms with Crippen molar-refractivity contribution in [1.29, 1.82) is 0 Å². The second-order valence-electron chi connectivity index (χ2n) is 6.07. The lowest BCUT2D eigenvalue weighted by atomic mass is 10.1. The molecule has 0 radical (unpaired) electrons. The Kier molecular flexibility index (Phi) is 7.61. The van der Waals surface area contributed by atoms with Gasteiger partial charge in [-0.15, -0.1) is 0 Å². The van der Waals surface area contributed by atoms with Crippen molar-refractivity contribution in [2.45, 2.75) is 16.2 Å². The van der Waals surface area contributed by atoms with E-state index in [1.54, 1.807) is 23.9 Å². The third kappa shape index (κ3) is 6.16. The van der Waals surface area contributed by atoms with E-state index in [2.05, 4.69) is 17.4 Å². The predicted molar refractivity (Wildman–Crippen MR) is 119 cm³/mol. The lowest BCUT2D eigenvalue weighted by Gasteiger charge is -2.08. The summed E-state index contributed by atoms with van der Waals surface area (Å²) in [5, 5.41) is 4.13. The first kappa shape index (κ1) is 20.5. The molecular formula is C23H19Cl2NOS. The van der Waals surface area contributed by atoms with Gasteiger partial charge in [-0.3, -0.25) is 4.79 Å². The van der Waals surface area contributed by atoms with Crippen molar-refractivity contribution < 1.29 is 4.79 Å². The van der Waals surface area contributed by atoms with E-state index in [0.29, 0.717) is 16.6 Å². The van der Waals surface area contributed by atoms with E-state index in [1.165, 1.54) is 5.56 Å². The van der Waals surface area contributed by atoms with Crippen LogP contribution in [0.1, 0.15) is 11.1 Å². The fourth-order valence-electron chi connectivity index (χ4n) is 2.59. The number of hydrogen-bond acceptors (Lipinski definition) is 2. The van der Waals surface area contributed by atoms with E-state index >= 15 is 0 Å². The second-order valence-corrected chi connectivity index (χ2v) is 8.00. The SMILES string of the molecule is O=C(/C=C/c1ccccc1Sc1ccc(Cl)cc1Cl)NCCc1ccccc1. The molecule has 0 aliphatic rings. The van der Waals surface area contributed by atoms with Crippen LogP contribution in [-0.4, -0.2) is 12.5 Å². The Balaban J connectivity index is 1.61. The van der Waals surface area contributed by atoms with Crippen molar-refractivity contribution >= 4 is 46.9 Å². The first-order valence-corrected chi connectivity index (χ1v) is 10.4. The van der Waals surface area contributed by atoms with E-state index in [9.17, 15) is 4.79 Å². The van der Waals surface area contributed by atoms with Crippen LogP contribution in [0.25, 0.3) is 6.08 Å². The summed E-state index contributed by atoms with van der Waals surface area (Å²) in [4.78, 5) is 14.1. The number of hydrogen-bond donors (Lipinski definition) is 1. The van der Waals surface area contributed by atoms with Crippen LogP contribution in [0.4, 0.5) is 0 Å². The lowest BCUT2D eigenvalue weighted by molar-refractivity contribution is -0.116. The zero-order chi connectivity index (χ0) is 19.8. The minimum Gasteiger partial charge on any atom is -0.352 e. The van der Waals surface area contributed by atoms with Gasteiger partial charge in [-0.2, -0.15) is 0 Å². The summed E-state index contributed by atoms with van der Waals surface area (Å²) >= 11 is 13.8. The first-order chi connectivity index (χ1) is 13.6. The van der Waals surface area contributed by atoms with E-state index < -0.39 is 0 Å². The molecule has 0 saturated carbocycles. The molecule has 0 unspecified atom stereocenters. The molecule has 0 aliphatic heterocycles. The molecule has 0 aromatic heterocycles. The molecule has 0 saturated heterocycles. The van der Waals surface area contributed by atoms with E-state index in [1.807, 2.05) is 60.7 Å². The number of halogens is 2. The highest BCUT2D eigenvalue weighted by Crippen LogP contribution is 2.36. The van der Waals surface area contributed by atoms with Gasteiger partial charge in [0.25, 0.3) is 0 Å². The maximum Gasteiger partial charge on any atom is 0.244 e. The maximum atomic E-state index is 12.1. The molecule has 1 amide bonds. The minimum absolute atomic E-state index is 0.111. The Morgan fingerprint density at radius 1 is 0.929 bits per heavy atom. The molecule has 0 spiro atoms. The Bertz CT molecular complexity index is 973. The smallest absolute Gasteiger partial charge is 0.244 e. The topological polar surface area (TPSA) is 29.1 Å². The fraction of sp³-hybridized carbons (Fsp3) is 0.0870. The van der Waals surface area contributed by atoms with Crippen LogP contribution >= 0.6 is 35.0 Å². The summed E-state index contributed by atoms with van der Waals surface area (Å²) < 4.78 is 0. The molecule has 3 aromatic carbocycles.